The van der Waals surface area contributed by atoms with Gasteiger partial charge in [0.25, 0.3) is 5.91 Å². The van der Waals surface area contributed by atoms with Gasteiger partial charge in [0.05, 0.1) is 6.20 Å². The Morgan fingerprint density at radius 1 is 1.50 bits per heavy atom. The molecule has 0 spiro atoms. The molecule has 0 aliphatic rings. The Kier molecular flexibility index (Phi) is 6.14. The number of hydrogen-bond donors (Lipinski definition) is 2. The molecule has 0 radical (unpaired) electrons. The fraction of sp³-hybridized carbons (Fsp3) is 0.538. The Morgan fingerprint density at radius 2 is 2.28 bits per heavy atom. The highest BCUT2D eigenvalue weighted by Gasteiger charge is 2.14. The molecule has 0 aromatic carbocycles. The van der Waals surface area contributed by atoms with Gasteiger partial charge in [-0.1, -0.05) is 6.92 Å². The minimum absolute atomic E-state index is 0.122. The SMILES string of the molecule is CCN[C@H](C)CNC(=O)C(C)Oc1cccnc1. The Labute approximate surface area is 108 Å². The molecule has 0 aliphatic heterocycles. The van der Waals surface area contributed by atoms with Crippen molar-refractivity contribution >= 4 is 5.91 Å². The van der Waals surface area contributed by atoms with Crippen LogP contribution in [0.5, 0.6) is 5.75 Å². The molecule has 1 aromatic heterocycles. The van der Waals surface area contributed by atoms with Crippen molar-refractivity contribution in [1.82, 2.24) is 15.6 Å². The minimum Gasteiger partial charge on any atom is -0.479 e. The van der Waals surface area contributed by atoms with Gasteiger partial charge in [0.1, 0.15) is 5.75 Å². The fourth-order valence-electron chi connectivity index (χ4n) is 1.49. The molecular formula is C13H21N3O2. The van der Waals surface area contributed by atoms with E-state index in [2.05, 4.69) is 15.6 Å². The fourth-order valence-corrected chi connectivity index (χ4v) is 1.49. The second-order valence-electron chi connectivity index (χ2n) is 4.15. The van der Waals surface area contributed by atoms with Gasteiger partial charge in [-0.15, -0.1) is 0 Å². The molecule has 100 valence electrons. The zero-order valence-corrected chi connectivity index (χ0v) is 11.1. The van der Waals surface area contributed by atoms with Crippen molar-refractivity contribution in [2.45, 2.75) is 32.9 Å². The van der Waals surface area contributed by atoms with Crippen molar-refractivity contribution in [1.29, 1.82) is 0 Å². The van der Waals surface area contributed by atoms with E-state index in [0.29, 0.717) is 12.3 Å². The second kappa shape index (κ2) is 7.66. The molecule has 2 N–H and O–H groups in total. The summed E-state index contributed by atoms with van der Waals surface area (Å²) in [6.45, 7) is 7.26. The van der Waals surface area contributed by atoms with Gasteiger partial charge in [-0.25, -0.2) is 0 Å². The van der Waals surface area contributed by atoms with E-state index in [-0.39, 0.29) is 11.9 Å². The van der Waals surface area contributed by atoms with Crippen LogP contribution in [0.4, 0.5) is 0 Å². The molecule has 5 nitrogen and oxygen atoms in total. The number of rotatable bonds is 7. The highest BCUT2D eigenvalue weighted by atomic mass is 16.5. The van der Waals surface area contributed by atoms with E-state index in [0.717, 1.165) is 6.54 Å². The predicted molar refractivity (Wildman–Crippen MR) is 70.5 cm³/mol. The van der Waals surface area contributed by atoms with Gasteiger partial charge >= 0.3 is 0 Å². The van der Waals surface area contributed by atoms with E-state index in [1.165, 1.54) is 0 Å². The monoisotopic (exact) mass is 251 g/mol. The molecule has 0 aliphatic carbocycles. The summed E-state index contributed by atoms with van der Waals surface area (Å²) in [4.78, 5) is 15.7. The lowest BCUT2D eigenvalue weighted by Gasteiger charge is -2.17. The highest BCUT2D eigenvalue weighted by molar-refractivity contribution is 5.80. The summed E-state index contributed by atoms with van der Waals surface area (Å²) in [7, 11) is 0. The topological polar surface area (TPSA) is 63.2 Å². The maximum Gasteiger partial charge on any atom is 0.260 e. The average Bonchev–Trinajstić information content (AvgIpc) is 2.37. The first-order valence-electron chi connectivity index (χ1n) is 6.21. The number of ether oxygens (including phenoxy) is 1. The molecule has 1 heterocycles. The summed E-state index contributed by atoms with van der Waals surface area (Å²) in [6, 6.07) is 3.80. The number of carbonyl (C=O) groups excluding carboxylic acids is 1. The molecule has 2 atom stereocenters. The van der Waals surface area contributed by atoms with Crippen LogP contribution < -0.4 is 15.4 Å². The molecule has 1 rings (SSSR count). The van der Waals surface area contributed by atoms with Crippen molar-refractivity contribution in [3.05, 3.63) is 24.5 Å². The third kappa shape index (κ3) is 5.14. The lowest BCUT2D eigenvalue weighted by atomic mass is 10.3. The summed E-state index contributed by atoms with van der Waals surface area (Å²) < 4.78 is 5.47. The number of hydrogen-bond acceptors (Lipinski definition) is 4. The van der Waals surface area contributed by atoms with Crippen LogP contribution in [0.25, 0.3) is 0 Å². The molecule has 0 saturated carbocycles. The van der Waals surface area contributed by atoms with Crippen LogP contribution in [-0.4, -0.2) is 36.1 Å². The third-order valence-electron chi connectivity index (χ3n) is 2.45. The average molecular weight is 251 g/mol. The van der Waals surface area contributed by atoms with Crippen molar-refractivity contribution in [2.75, 3.05) is 13.1 Å². The van der Waals surface area contributed by atoms with Gasteiger partial charge < -0.3 is 15.4 Å². The first-order valence-corrected chi connectivity index (χ1v) is 6.21. The number of amides is 1. The molecule has 1 aromatic rings. The molecule has 0 fully saturated rings. The van der Waals surface area contributed by atoms with Crippen LogP contribution in [0.3, 0.4) is 0 Å². The summed E-state index contributed by atoms with van der Waals surface area (Å²) >= 11 is 0. The number of aromatic nitrogens is 1. The van der Waals surface area contributed by atoms with E-state index >= 15 is 0 Å². The summed E-state index contributed by atoms with van der Waals surface area (Å²) in [5, 5.41) is 6.06. The molecule has 0 bridgehead atoms. The standard InChI is InChI=1S/C13H21N3O2/c1-4-15-10(2)8-16-13(17)11(3)18-12-6-5-7-14-9-12/h5-7,9-11,15H,4,8H2,1-3H3,(H,16,17)/t10-,11?/m1/s1. The maximum absolute atomic E-state index is 11.8. The van der Waals surface area contributed by atoms with Crippen molar-refractivity contribution in [3.8, 4) is 5.75 Å². The van der Waals surface area contributed by atoms with Crippen LogP contribution in [0.15, 0.2) is 24.5 Å². The first kappa shape index (κ1) is 14.4. The summed E-state index contributed by atoms with van der Waals surface area (Å²) in [6.07, 6.45) is 2.73. The van der Waals surface area contributed by atoms with Crippen molar-refractivity contribution < 1.29 is 9.53 Å². The number of nitrogens with zero attached hydrogens (tertiary/aromatic N) is 1. The Bertz CT molecular complexity index is 357. The molecule has 1 amide bonds. The molecule has 18 heavy (non-hydrogen) atoms. The molecule has 0 saturated heterocycles. The molecule has 1 unspecified atom stereocenters. The first-order chi connectivity index (χ1) is 8.63. The van der Waals surface area contributed by atoms with Gasteiger partial charge in [0, 0.05) is 18.8 Å². The maximum atomic E-state index is 11.8. The van der Waals surface area contributed by atoms with Crippen LogP contribution in [0.1, 0.15) is 20.8 Å². The second-order valence-corrected chi connectivity index (χ2v) is 4.15. The van der Waals surface area contributed by atoms with Gasteiger partial charge in [-0.3, -0.25) is 9.78 Å². The summed E-state index contributed by atoms with van der Waals surface area (Å²) in [5.74, 6) is 0.475. The Hall–Kier alpha value is -1.62. The van der Waals surface area contributed by atoms with Crippen LogP contribution in [0.2, 0.25) is 0 Å². The Balaban J connectivity index is 2.33. The number of likely N-dealkylation sites (N-methyl/N-ethyl adjacent to an activating group) is 1. The summed E-state index contributed by atoms with van der Waals surface area (Å²) in [5.41, 5.74) is 0. The van der Waals surface area contributed by atoms with Gasteiger partial charge in [-0.05, 0) is 32.5 Å². The van der Waals surface area contributed by atoms with E-state index < -0.39 is 6.10 Å². The minimum atomic E-state index is -0.525. The quantitative estimate of drug-likeness (QED) is 0.758. The normalized spacial score (nSPS) is 13.7. The van der Waals surface area contributed by atoms with E-state index in [9.17, 15) is 4.79 Å². The lowest BCUT2D eigenvalue weighted by Crippen LogP contribution is -2.43. The number of nitrogens with one attached hydrogen (secondary N) is 2. The lowest BCUT2D eigenvalue weighted by molar-refractivity contribution is -0.127. The highest BCUT2D eigenvalue weighted by Crippen LogP contribution is 2.08. The largest absolute Gasteiger partial charge is 0.479 e. The van der Waals surface area contributed by atoms with Gasteiger partial charge in [0.15, 0.2) is 6.10 Å². The smallest absolute Gasteiger partial charge is 0.260 e. The third-order valence-corrected chi connectivity index (χ3v) is 2.45. The van der Waals surface area contributed by atoms with Crippen LogP contribution in [-0.2, 0) is 4.79 Å². The zero-order chi connectivity index (χ0) is 13.4. The van der Waals surface area contributed by atoms with Crippen molar-refractivity contribution in [2.24, 2.45) is 0 Å². The van der Waals surface area contributed by atoms with E-state index in [1.807, 2.05) is 13.8 Å². The number of carbonyl (C=O) groups is 1. The zero-order valence-electron chi connectivity index (χ0n) is 11.1. The predicted octanol–water partition coefficient (Wildman–Crippen LogP) is 0.963. The van der Waals surface area contributed by atoms with Gasteiger partial charge in [-0.2, -0.15) is 0 Å². The van der Waals surface area contributed by atoms with Gasteiger partial charge in [0.2, 0.25) is 0 Å². The van der Waals surface area contributed by atoms with E-state index in [4.69, 9.17) is 4.74 Å². The van der Waals surface area contributed by atoms with Crippen LogP contribution in [0, 0.1) is 0 Å². The molecular weight excluding hydrogens is 230 g/mol. The van der Waals surface area contributed by atoms with E-state index in [1.54, 1.807) is 31.5 Å². The number of pyridine rings is 1. The van der Waals surface area contributed by atoms with Crippen molar-refractivity contribution in [3.63, 3.8) is 0 Å². The van der Waals surface area contributed by atoms with Crippen LogP contribution >= 0.6 is 0 Å². The Morgan fingerprint density at radius 3 is 2.89 bits per heavy atom. The molecule has 5 heteroatoms.